The number of carbonyl (C=O) groups is 1. The summed E-state index contributed by atoms with van der Waals surface area (Å²) >= 11 is 0. The number of carbonyl (C=O) groups excluding carboxylic acids is 1. The van der Waals surface area contributed by atoms with Gasteiger partial charge in [0.25, 0.3) is 0 Å². The van der Waals surface area contributed by atoms with Crippen molar-refractivity contribution in [2.24, 2.45) is 5.73 Å². The third kappa shape index (κ3) is 1.93. The summed E-state index contributed by atoms with van der Waals surface area (Å²) < 4.78 is 36.1. The van der Waals surface area contributed by atoms with Crippen LogP contribution in [0.4, 0.5) is 13.2 Å². The highest BCUT2D eigenvalue weighted by molar-refractivity contribution is 5.92. The van der Waals surface area contributed by atoms with Gasteiger partial charge in [0.1, 0.15) is 5.75 Å². The molecule has 7 heteroatoms. The number of alkyl halides is 3. The van der Waals surface area contributed by atoms with Crippen LogP contribution in [0.5, 0.6) is 5.75 Å². The molecule has 1 rings (SSSR count). The zero-order valence-corrected chi connectivity index (χ0v) is 6.67. The summed E-state index contributed by atoms with van der Waals surface area (Å²) in [7, 11) is 0. The highest BCUT2D eigenvalue weighted by atomic mass is 19.4. The number of halogens is 3. The Balaban J connectivity index is 3.21. The first-order chi connectivity index (χ1) is 6.32. The van der Waals surface area contributed by atoms with Gasteiger partial charge in [-0.15, -0.1) is 0 Å². The largest absolute Gasteiger partial charge is 0.506 e. The molecule has 0 spiro atoms. The number of aromatic nitrogens is 1. The van der Waals surface area contributed by atoms with Crippen LogP contribution in [0.2, 0.25) is 0 Å². The molecule has 1 aromatic heterocycles. The number of aromatic hydroxyl groups is 1. The Labute approximate surface area is 76.2 Å². The third-order valence-corrected chi connectivity index (χ3v) is 1.42. The van der Waals surface area contributed by atoms with E-state index in [1.807, 2.05) is 0 Å². The van der Waals surface area contributed by atoms with Crippen LogP contribution in [0.15, 0.2) is 12.3 Å². The molecule has 0 aliphatic heterocycles. The molecule has 0 atom stereocenters. The van der Waals surface area contributed by atoms with E-state index in [-0.39, 0.29) is 5.56 Å². The summed E-state index contributed by atoms with van der Waals surface area (Å²) in [5.74, 6) is -2.07. The lowest BCUT2D eigenvalue weighted by Crippen LogP contribution is -2.14. The number of nitrogens with zero attached hydrogens (tertiary/aromatic N) is 1. The van der Waals surface area contributed by atoms with E-state index in [0.717, 1.165) is 0 Å². The maximum absolute atomic E-state index is 12.0. The molecule has 1 amide bonds. The van der Waals surface area contributed by atoms with Crippen molar-refractivity contribution in [3.8, 4) is 5.75 Å². The average Bonchev–Trinajstić information content (AvgIpc) is 2.01. The molecule has 0 fully saturated rings. The standard InChI is InChI=1S/C7H5F3N2O2/c8-7(9,10)5-4(13)1-3(2-12-5)6(11)14/h1-2,13H,(H2,11,14). The molecule has 76 valence electrons. The van der Waals surface area contributed by atoms with Gasteiger partial charge in [-0.05, 0) is 6.07 Å². The quantitative estimate of drug-likeness (QED) is 0.716. The Hall–Kier alpha value is -1.79. The molecule has 0 radical (unpaired) electrons. The highest BCUT2D eigenvalue weighted by Gasteiger charge is 2.36. The first-order valence-corrected chi connectivity index (χ1v) is 3.38. The van der Waals surface area contributed by atoms with Gasteiger partial charge < -0.3 is 10.8 Å². The van der Waals surface area contributed by atoms with Crippen LogP contribution < -0.4 is 5.73 Å². The second-order valence-electron chi connectivity index (χ2n) is 2.45. The van der Waals surface area contributed by atoms with E-state index in [1.54, 1.807) is 0 Å². The van der Waals surface area contributed by atoms with Crippen LogP contribution in [0.3, 0.4) is 0 Å². The van der Waals surface area contributed by atoms with Crippen molar-refractivity contribution in [2.45, 2.75) is 6.18 Å². The number of rotatable bonds is 1. The fourth-order valence-electron chi connectivity index (χ4n) is 0.806. The molecular formula is C7H5F3N2O2. The summed E-state index contributed by atoms with van der Waals surface area (Å²) in [6.07, 6.45) is -4.09. The van der Waals surface area contributed by atoms with Crippen LogP contribution in [0, 0.1) is 0 Å². The normalized spacial score (nSPS) is 11.4. The van der Waals surface area contributed by atoms with E-state index in [2.05, 4.69) is 4.98 Å². The summed E-state index contributed by atoms with van der Waals surface area (Å²) in [5.41, 5.74) is 3.05. The summed E-state index contributed by atoms with van der Waals surface area (Å²) in [4.78, 5) is 13.4. The molecule has 0 aliphatic rings. The minimum atomic E-state index is -4.75. The lowest BCUT2D eigenvalue weighted by molar-refractivity contribution is -0.142. The molecule has 0 bridgehead atoms. The monoisotopic (exact) mass is 206 g/mol. The van der Waals surface area contributed by atoms with Gasteiger partial charge in [0.2, 0.25) is 5.91 Å². The van der Waals surface area contributed by atoms with Gasteiger partial charge in [-0.2, -0.15) is 13.2 Å². The van der Waals surface area contributed by atoms with Crippen LogP contribution in [0.25, 0.3) is 0 Å². The topological polar surface area (TPSA) is 76.2 Å². The first-order valence-electron chi connectivity index (χ1n) is 3.38. The lowest BCUT2D eigenvalue weighted by Gasteiger charge is -2.07. The molecule has 1 heterocycles. The summed E-state index contributed by atoms with van der Waals surface area (Å²) in [6.45, 7) is 0. The Morgan fingerprint density at radius 2 is 2.07 bits per heavy atom. The zero-order chi connectivity index (χ0) is 10.9. The molecule has 1 aromatic rings. The predicted octanol–water partition coefficient (Wildman–Crippen LogP) is 0.905. The second kappa shape index (κ2) is 3.17. The van der Waals surface area contributed by atoms with Crippen molar-refractivity contribution in [3.63, 3.8) is 0 Å². The van der Waals surface area contributed by atoms with Gasteiger partial charge in [-0.1, -0.05) is 0 Å². The van der Waals surface area contributed by atoms with E-state index >= 15 is 0 Å². The van der Waals surface area contributed by atoms with E-state index in [9.17, 15) is 18.0 Å². The van der Waals surface area contributed by atoms with Crippen LogP contribution in [0.1, 0.15) is 16.1 Å². The minimum absolute atomic E-state index is 0.282. The van der Waals surface area contributed by atoms with Crippen LogP contribution in [-0.4, -0.2) is 16.0 Å². The Kier molecular flexibility index (Phi) is 2.33. The molecule has 3 N–H and O–H groups in total. The molecule has 0 saturated carbocycles. The Morgan fingerprint density at radius 3 is 2.43 bits per heavy atom. The van der Waals surface area contributed by atoms with E-state index < -0.39 is 23.5 Å². The van der Waals surface area contributed by atoms with Crippen LogP contribution in [-0.2, 0) is 6.18 Å². The minimum Gasteiger partial charge on any atom is -0.506 e. The maximum Gasteiger partial charge on any atom is 0.437 e. The van der Waals surface area contributed by atoms with Crippen molar-refractivity contribution in [3.05, 3.63) is 23.5 Å². The number of nitrogens with two attached hydrogens (primary N) is 1. The van der Waals surface area contributed by atoms with Crippen molar-refractivity contribution >= 4 is 5.91 Å². The molecule has 0 aliphatic carbocycles. The zero-order valence-electron chi connectivity index (χ0n) is 6.67. The van der Waals surface area contributed by atoms with Gasteiger partial charge in [0.05, 0.1) is 5.56 Å². The molecule has 0 unspecified atom stereocenters. The summed E-state index contributed by atoms with van der Waals surface area (Å²) in [5, 5.41) is 8.89. The van der Waals surface area contributed by atoms with Gasteiger partial charge in [-0.3, -0.25) is 4.79 Å². The van der Waals surface area contributed by atoms with Crippen molar-refractivity contribution in [1.29, 1.82) is 0 Å². The fraction of sp³-hybridized carbons (Fsp3) is 0.143. The molecule has 14 heavy (non-hydrogen) atoms. The van der Waals surface area contributed by atoms with Gasteiger partial charge in [0.15, 0.2) is 5.69 Å². The number of hydrogen-bond acceptors (Lipinski definition) is 3. The van der Waals surface area contributed by atoms with E-state index in [0.29, 0.717) is 12.3 Å². The maximum atomic E-state index is 12.0. The SMILES string of the molecule is NC(=O)c1cnc(C(F)(F)F)c(O)c1. The van der Waals surface area contributed by atoms with Gasteiger partial charge >= 0.3 is 6.18 Å². The molecule has 0 aromatic carbocycles. The first kappa shape index (κ1) is 10.3. The number of primary amides is 1. The average molecular weight is 206 g/mol. The summed E-state index contributed by atoms with van der Waals surface area (Å²) in [6, 6.07) is 0.623. The predicted molar refractivity (Wildman–Crippen MR) is 39.4 cm³/mol. The fourth-order valence-corrected chi connectivity index (χ4v) is 0.806. The number of pyridine rings is 1. The molecule has 0 saturated heterocycles. The smallest absolute Gasteiger partial charge is 0.437 e. The number of hydrogen-bond donors (Lipinski definition) is 2. The highest BCUT2D eigenvalue weighted by Crippen LogP contribution is 2.33. The van der Waals surface area contributed by atoms with Crippen molar-refractivity contribution in [1.82, 2.24) is 4.98 Å². The number of amides is 1. The van der Waals surface area contributed by atoms with E-state index in [4.69, 9.17) is 10.8 Å². The Bertz CT molecular complexity index is 376. The lowest BCUT2D eigenvalue weighted by atomic mass is 10.2. The van der Waals surface area contributed by atoms with Crippen LogP contribution >= 0.6 is 0 Å². The molecule has 4 nitrogen and oxygen atoms in total. The third-order valence-electron chi connectivity index (χ3n) is 1.42. The van der Waals surface area contributed by atoms with Crippen molar-refractivity contribution < 1.29 is 23.1 Å². The Morgan fingerprint density at radius 1 is 1.50 bits per heavy atom. The van der Waals surface area contributed by atoms with Crippen molar-refractivity contribution in [2.75, 3.05) is 0 Å². The van der Waals surface area contributed by atoms with Gasteiger partial charge in [-0.25, -0.2) is 4.98 Å². The van der Waals surface area contributed by atoms with Gasteiger partial charge in [0, 0.05) is 6.20 Å². The molecular weight excluding hydrogens is 201 g/mol. The second-order valence-corrected chi connectivity index (χ2v) is 2.45. The van der Waals surface area contributed by atoms with E-state index in [1.165, 1.54) is 0 Å².